The lowest BCUT2D eigenvalue weighted by Gasteiger charge is -2.29. The van der Waals surface area contributed by atoms with Crippen LogP contribution in [0.5, 0.6) is 0 Å². The Labute approximate surface area is 792 Å². The molecule has 1 aliphatic rings. The largest absolute Gasteiger partial charge is 0.395 e. The molecule has 0 aliphatic heterocycles. The molecule has 0 radical (unpaired) electrons. The summed E-state index contributed by atoms with van der Waals surface area (Å²) in [5.74, 6) is 0.536. The van der Waals surface area contributed by atoms with Crippen LogP contribution in [0.4, 0.5) is 0 Å². The van der Waals surface area contributed by atoms with Gasteiger partial charge in [0.1, 0.15) is 47.0 Å². The van der Waals surface area contributed by atoms with Gasteiger partial charge in [0.05, 0.1) is 35.6 Å². The molecule has 0 spiro atoms. The molecule has 13 rings (SSSR count). The van der Waals surface area contributed by atoms with Crippen molar-refractivity contribution < 1.29 is 43.2 Å². The van der Waals surface area contributed by atoms with Crippen LogP contribution in [0, 0.1) is 95.6 Å². The summed E-state index contributed by atoms with van der Waals surface area (Å²) >= 11 is 24.7. The molecule has 8 heterocycles. The molecule has 1 aliphatic carbocycles. The van der Waals surface area contributed by atoms with E-state index >= 15 is 0 Å². The molecule has 12 aromatic rings. The van der Waals surface area contributed by atoms with Gasteiger partial charge in [0.15, 0.2) is 23.1 Å². The highest BCUT2D eigenvalue weighted by molar-refractivity contribution is 7.59. The molecule has 0 amide bonds. The molecule has 8 aromatic heterocycles. The highest BCUT2D eigenvalue weighted by Crippen LogP contribution is 2.49. The summed E-state index contributed by atoms with van der Waals surface area (Å²) in [6.45, 7) is 64.0. The minimum Gasteiger partial charge on any atom is -0.395 e. The van der Waals surface area contributed by atoms with Gasteiger partial charge in [-0.1, -0.05) is 94.9 Å². The second-order valence-electron chi connectivity index (χ2n) is 37.0. The van der Waals surface area contributed by atoms with Crippen LogP contribution in [-0.4, -0.2) is 102 Å². The molecule has 25 heteroatoms. The van der Waals surface area contributed by atoms with E-state index in [0.717, 1.165) is 180 Å². The Kier molecular flexibility index (Phi) is 35.3. The number of carbonyl (C=O) groups excluding carboxylic acids is 4. The number of aliphatic hydroxyl groups excluding tert-OH is 1. The van der Waals surface area contributed by atoms with Crippen LogP contribution >= 0.6 is 86.9 Å². The number of halogens is 4. The van der Waals surface area contributed by atoms with Crippen molar-refractivity contribution in [3.05, 3.63) is 219 Å². The second-order valence-corrected chi connectivity index (χ2v) is 38.8. The smallest absolute Gasteiger partial charge is 0.232 e. The predicted molar refractivity (Wildman–Crippen MR) is 538 cm³/mol. The quantitative estimate of drug-likeness (QED) is 0.0629. The zero-order chi connectivity index (χ0) is 91.9. The number of ether oxygens (including phenoxy) is 4. The number of carbonyl (C=O) groups is 4. The van der Waals surface area contributed by atoms with Gasteiger partial charge < -0.3 is 47.2 Å². The lowest BCUT2D eigenvalue weighted by molar-refractivity contribution is -0.139. The first-order chi connectivity index (χ1) is 57.8. The van der Waals surface area contributed by atoms with Crippen molar-refractivity contribution in [1.29, 1.82) is 0 Å². The highest BCUT2D eigenvalue weighted by Gasteiger charge is 2.38. The SMILES string of the molecule is CC(=O)C(OC(C)(C)C)c1c(C)nc2c(c(C)c(C)n2CCO)c1-c1ccc(Cl)cc1.CC(=O)[C@@H](OC(C)(C)C)c1c(C)nc2c(c(C)c(C)n2C)c1-c1ccc(Cl)cc1.CC(=O)[C@@H](OC(C)(C)C)c1c(C)nc2c(c(C)c(C)n2CC2CC2)c1-c1ccc(Cl)cc1.S.S.S.[C-]#[N+]CCn1c(C)c(C)c2c(-c3ccc(Cl)cc3)c([C@H](OC(C)(C)C)C(C)=O)c(C)nc21. The number of rotatable bonds is 22. The van der Waals surface area contributed by atoms with Gasteiger partial charge in [-0.05, 0) is 306 Å². The molecule has 4 aromatic carbocycles. The van der Waals surface area contributed by atoms with Crippen molar-refractivity contribution >= 4 is 154 Å². The normalized spacial score (nSPS) is 13.3. The van der Waals surface area contributed by atoms with E-state index in [4.69, 9.17) is 91.9 Å². The van der Waals surface area contributed by atoms with Crippen molar-refractivity contribution in [1.82, 2.24) is 38.2 Å². The van der Waals surface area contributed by atoms with Crippen molar-refractivity contribution in [3.8, 4) is 44.5 Å². The van der Waals surface area contributed by atoms with Crippen LogP contribution in [0.15, 0.2) is 97.1 Å². The van der Waals surface area contributed by atoms with Crippen LogP contribution in [0.2, 0.25) is 20.1 Å². The minimum atomic E-state index is -0.747. The van der Waals surface area contributed by atoms with Crippen LogP contribution in [0.3, 0.4) is 0 Å². The number of aromatic nitrogens is 8. The number of hydrogen-bond donors (Lipinski definition) is 1. The Morgan fingerprint density at radius 1 is 0.394 bits per heavy atom. The fraction of sp³-hybridized carbons (Fsp3) is 0.441. The number of benzene rings is 4. The lowest BCUT2D eigenvalue weighted by atomic mass is 9.90. The maximum Gasteiger partial charge on any atom is 0.232 e. The number of fused-ring (bicyclic) bond motifs is 4. The van der Waals surface area contributed by atoms with E-state index in [1.54, 1.807) is 27.7 Å². The third-order valence-corrected chi connectivity index (χ3v) is 23.9. The number of aryl methyl sites for hydroxylation is 9. The molecule has 0 saturated heterocycles. The van der Waals surface area contributed by atoms with Crippen LogP contribution in [0.1, 0.15) is 238 Å². The van der Waals surface area contributed by atoms with Crippen LogP contribution in [-0.2, 0) is 64.8 Å². The van der Waals surface area contributed by atoms with Crippen LogP contribution < -0.4 is 0 Å². The first-order valence-electron chi connectivity index (χ1n) is 42.5. The third kappa shape index (κ3) is 23.8. The molecule has 18 nitrogen and oxygen atoms in total. The summed E-state index contributed by atoms with van der Waals surface area (Å²) in [5, 5.41) is 16.4. The first kappa shape index (κ1) is 106. The summed E-state index contributed by atoms with van der Waals surface area (Å²) in [7, 11) is 2.02. The highest BCUT2D eigenvalue weighted by atomic mass is 35.5. The van der Waals surface area contributed by atoms with E-state index < -0.39 is 46.8 Å². The molecule has 4 atom stereocenters. The van der Waals surface area contributed by atoms with E-state index in [9.17, 15) is 24.3 Å². The van der Waals surface area contributed by atoms with Crippen molar-refractivity contribution in [3.63, 3.8) is 0 Å². The summed E-state index contributed by atoms with van der Waals surface area (Å²) in [6, 6.07) is 30.9. The number of aliphatic hydroxyl groups is 1. The molecule has 682 valence electrons. The Bertz CT molecular complexity index is 6110. The number of pyridine rings is 4. The minimum absolute atomic E-state index is 0. The topological polar surface area (TPSA) is 201 Å². The number of Topliss-reactive ketones (excluding diaryl/α,β-unsaturated/α-hetero) is 4. The molecule has 127 heavy (non-hydrogen) atoms. The molecule has 1 unspecified atom stereocenters. The van der Waals surface area contributed by atoms with E-state index in [0.29, 0.717) is 39.7 Å². The van der Waals surface area contributed by atoms with Crippen LogP contribution in [0.25, 0.3) is 93.5 Å². The number of nitrogens with zero attached hydrogens (tertiary/aromatic N) is 9. The summed E-state index contributed by atoms with van der Waals surface area (Å²) in [6.07, 6.45) is -0.315. The lowest BCUT2D eigenvalue weighted by Crippen LogP contribution is -2.27. The zero-order valence-corrected chi connectivity index (χ0v) is 85.3. The van der Waals surface area contributed by atoms with Gasteiger partial charge in [0, 0.05) is 152 Å². The first-order valence-corrected chi connectivity index (χ1v) is 44.0. The maximum absolute atomic E-state index is 12.9. The summed E-state index contributed by atoms with van der Waals surface area (Å²) in [4.78, 5) is 74.6. The zero-order valence-electron chi connectivity index (χ0n) is 79.3. The molecular formula is C102H129Cl4N9O9S3. The van der Waals surface area contributed by atoms with Gasteiger partial charge in [-0.2, -0.15) is 40.5 Å². The Morgan fingerprint density at radius 3 is 0.858 bits per heavy atom. The average molecular weight is 1860 g/mol. The number of ketones is 4. The average Bonchev–Trinajstić information content (AvgIpc) is 1.62. The van der Waals surface area contributed by atoms with E-state index in [1.165, 1.54) is 24.1 Å². The summed E-state index contributed by atoms with van der Waals surface area (Å²) in [5.41, 5.74) is 24.7. The molecular weight excluding hydrogens is 1730 g/mol. The van der Waals surface area contributed by atoms with Gasteiger partial charge in [0.25, 0.3) is 0 Å². The predicted octanol–water partition coefficient (Wildman–Crippen LogP) is 26.1. The fourth-order valence-corrected chi connectivity index (χ4v) is 17.1. The molecule has 1 saturated carbocycles. The van der Waals surface area contributed by atoms with Crippen molar-refractivity contribution in [2.75, 3.05) is 13.2 Å². The third-order valence-electron chi connectivity index (χ3n) is 22.9. The Morgan fingerprint density at radius 2 is 0.622 bits per heavy atom. The van der Waals surface area contributed by atoms with Gasteiger partial charge in [-0.25, -0.2) is 26.5 Å². The fourth-order valence-electron chi connectivity index (χ4n) is 16.6. The molecule has 1 fully saturated rings. The Balaban J connectivity index is 0.000000230. The Hall–Kier alpha value is -8.18. The standard InChI is InChI=1S/C27H33ClN2O2.C26H30ClN3O2.C25H31ClN2O3.C24H29ClN2O2.3H2S/c1-15-17(3)30(14-19-8-9-19)26-22(15)24(20-10-12-21(28)13-11-20)23(16(2)29-26)25(18(4)31)32-27(5,6)7;1-15-17(3)30(14-13-28-8)25-21(15)23(19-9-11-20(27)12-10-19)22(16(2)29-25)24(18(4)31)32-26(5,6)7;1-14-16(3)28(12-13-29)24-20(14)22(18-8-10-19(26)11-9-18)21(15(2)27-24)23(17(4)30)31-25(5,6)7;1-13-15(3)27(8)23-19(13)21(17-9-11-18(25)12-10-17)20(14(2)26-23)22(16(4)28)29-24(5,6)7;;;/h10-13,19,25H,8-9,14H2,1-7H3;9-12,24H,13-14H2,1-7H3;8-11,23,29H,12-13H2,1-7H3;9-12,22H,1-8H3;3*1H2/t25-;24-;;22-;;;/m11.1.../s1. The van der Waals surface area contributed by atoms with Gasteiger partial charge in [-0.3, -0.25) is 19.2 Å². The number of hydrogen-bond acceptors (Lipinski definition) is 13. The van der Waals surface area contributed by atoms with Crippen molar-refractivity contribution in [2.24, 2.45) is 13.0 Å². The van der Waals surface area contributed by atoms with E-state index in [-0.39, 0.29) is 70.2 Å². The van der Waals surface area contributed by atoms with Gasteiger partial charge in [0.2, 0.25) is 6.54 Å². The second kappa shape index (κ2) is 42.4. The van der Waals surface area contributed by atoms with E-state index in [2.05, 4.69) is 67.0 Å². The van der Waals surface area contributed by atoms with E-state index in [1.807, 2.05) is 226 Å². The summed E-state index contributed by atoms with van der Waals surface area (Å²) < 4.78 is 33.7. The monoisotopic (exact) mass is 1860 g/mol. The molecule has 0 bridgehead atoms. The maximum atomic E-state index is 12.9. The van der Waals surface area contributed by atoms with Crippen molar-refractivity contribution in [2.45, 2.75) is 273 Å². The van der Waals surface area contributed by atoms with Gasteiger partial charge >= 0.3 is 0 Å². The molecule has 1 N–H and O–H groups in total. The van der Waals surface area contributed by atoms with Gasteiger partial charge in [-0.15, -0.1) is 0 Å².